The van der Waals surface area contributed by atoms with E-state index in [-0.39, 0.29) is 6.42 Å². The number of nitrogens with zero attached hydrogens (tertiary/aromatic N) is 3. The number of aromatic nitrogens is 2. The molecule has 4 aromatic rings. The molecule has 138 valence electrons. The van der Waals surface area contributed by atoms with Crippen LogP contribution in [0.3, 0.4) is 0 Å². The molecule has 2 aromatic carbocycles. The summed E-state index contributed by atoms with van der Waals surface area (Å²) in [4.78, 5) is 5.64. The number of halogens is 1. The van der Waals surface area contributed by atoms with Gasteiger partial charge in [0.05, 0.1) is 29.6 Å². The molecule has 5 rings (SSSR count). The average molecular weight is 408 g/mol. The maximum absolute atomic E-state index is 9.42. The molecule has 1 aliphatic heterocycles. The fourth-order valence-electron chi connectivity index (χ4n) is 3.40. The lowest BCUT2D eigenvalue weighted by Gasteiger charge is -2.18. The Morgan fingerprint density at radius 1 is 1.07 bits per heavy atom. The molecule has 1 aliphatic rings. The van der Waals surface area contributed by atoms with Crippen LogP contribution >= 0.6 is 22.9 Å². The third-order valence-corrected chi connectivity index (χ3v) is 5.74. The summed E-state index contributed by atoms with van der Waals surface area (Å²) < 4.78 is 13.4. The van der Waals surface area contributed by atoms with Crippen LogP contribution in [0.2, 0.25) is 5.02 Å². The van der Waals surface area contributed by atoms with E-state index in [2.05, 4.69) is 15.8 Å². The fourth-order valence-corrected chi connectivity index (χ4v) is 4.44. The number of rotatable bonds is 3. The maximum atomic E-state index is 9.42. The lowest BCUT2D eigenvalue weighted by molar-refractivity contribution is 0.171. The van der Waals surface area contributed by atoms with Gasteiger partial charge in [-0.1, -0.05) is 23.7 Å². The molecule has 7 heteroatoms. The molecule has 2 aromatic heterocycles. The van der Waals surface area contributed by atoms with Crippen LogP contribution in [0, 0.1) is 11.3 Å². The van der Waals surface area contributed by atoms with E-state index in [1.807, 2.05) is 42.5 Å². The topological polar surface area (TPSA) is 59.5 Å². The Bertz CT molecular complexity index is 1220. The van der Waals surface area contributed by atoms with Crippen molar-refractivity contribution in [2.24, 2.45) is 0 Å². The number of thiazole rings is 1. The number of benzene rings is 2. The molecule has 0 amide bonds. The Hall–Kier alpha value is -3.01. The summed E-state index contributed by atoms with van der Waals surface area (Å²) in [7, 11) is 0. The van der Waals surface area contributed by atoms with Crippen molar-refractivity contribution in [1.29, 1.82) is 5.26 Å². The van der Waals surface area contributed by atoms with E-state index >= 15 is 0 Å². The Balaban J connectivity index is 1.69. The lowest BCUT2D eigenvalue weighted by Crippen LogP contribution is -2.15. The van der Waals surface area contributed by atoms with Gasteiger partial charge < -0.3 is 9.47 Å². The number of fused-ring (bicyclic) bond motifs is 2. The highest BCUT2D eigenvalue weighted by atomic mass is 35.5. The Labute approximate surface area is 170 Å². The standard InChI is InChI=1S/C21H14ClN3O2S/c22-15-4-1-13(2-5-15)20-16(7-8-23)25-17(12-28-21(25)24-20)14-3-6-18-19(11-14)27-10-9-26-18/h1-6,11-12H,7,9-10H2. The minimum absolute atomic E-state index is 0.257. The fraction of sp³-hybridized carbons (Fsp3) is 0.143. The first-order valence-electron chi connectivity index (χ1n) is 8.76. The zero-order chi connectivity index (χ0) is 19.1. The summed E-state index contributed by atoms with van der Waals surface area (Å²) in [6, 6.07) is 15.7. The highest BCUT2D eigenvalue weighted by Crippen LogP contribution is 2.38. The molecule has 0 spiro atoms. The van der Waals surface area contributed by atoms with E-state index in [0.29, 0.717) is 18.2 Å². The van der Waals surface area contributed by atoms with Crippen LogP contribution in [0.1, 0.15) is 5.69 Å². The van der Waals surface area contributed by atoms with Crippen molar-refractivity contribution in [3.8, 4) is 40.1 Å². The molecule has 0 N–H and O–H groups in total. The number of nitriles is 1. The van der Waals surface area contributed by atoms with Gasteiger partial charge in [-0.15, -0.1) is 11.3 Å². The van der Waals surface area contributed by atoms with Gasteiger partial charge in [-0.2, -0.15) is 5.26 Å². The molecular weight excluding hydrogens is 394 g/mol. The maximum Gasteiger partial charge on any atom is 0.194 e. The largest absolute Gasteiger partial charge is 0.486 e. The van der Waals surface area contributed by atoms with Gasteiger partial charge in [0.25, 0.3) is 0 Å². The van der Waals surface area contributed by atoms with Crippen molar-refractivity contribution in [1.82, 2.24) is 9.38 Å². The van der Waals surface area contributed by atoms with Crippen LogP contribution in [0.25, 0.3) is 27.5 Å². The minimum atomic E-state index is 0.257. The van der Waals surface area contributed by atoms with E-state index in [1.165, 1.54) is 0 Å². The highest BCUT2D eigenvalue weighted by Gasteiger charge is 2.20. The summed E-state index contributed by atoms with van der Waals surface area (Å²) in [6.45, 7) is 1.11. The van der Waals surface area contributed by atoms with Crippen LogP contribution in [0.4, 0.5) is 0 Å². The van der Waals surface area contributed by atoms with Gasteiger partial charge in [-0.25, -0.2) is 4.98 Å². The van der Waals surface area contributed by atoms with Crippen molar-refractivity contribution in [2.75, 3.05) is 13.2 Å². The van der Waals surface area contributed by atoms with E-state index in [4.69, 9.17) is 26.1 Å². The van der Waals surface area contributed by atoms with Gasteiger partial charge in [0.1, 0.15) is 13.2 Å². The molecule has 3 heterocycles. The average Bonchev–Trinajstić information content (AvgIpc) is 3.29. The molecule has 0 saturated carbocycles. The van der Waals surface area contributed by atoms with E-state index in [0.717, 1.165) is 44.7 Å². The second kappa shape index (κ2) is 6.86. The normalized spacial score (nSPS) is 12.9. The van der Waals surface area contributed by atoms with Crippen LogP contribution in [-0.4, -0.2) is 22.6 Å². The summed E-state index contributed by atoms with van der Waals surface area (Å²) in [5.41, 5.74) is 4.60. The molecule has 0 aliphatic carbocycles. The number of imidazole rings is 1. The summed E-state index contributed by atoms with van der Waals surface area (Å²) >= 11 is 7.57. The number of hydrogen-bond acceptors (Lipinski definition) is 5. The van der Waals surface area contributed by atoms with Crippen molar-refractivity contribution in [3.05, 3.63) is 58.6 Å². The van der Waals surface area contributed by atoms with Gasteiger partial charge >= 0.3 is 0 Å². The molecular formula is C21H14ClN3O2S. The quantitative estimate of drug-likeness (QED) is 0.467. The molecule has 0 radical (unpaired) electrons. The third kappa shape index (κ3) is 2.80. The SMILES string of the molecule is N#CCc1c(-c2ccc(Cl)cc2)nc2scc(-c3ccc4c(c3)OCCO4)n12. The predicted octanol–water partition coefficient (Wildman–Crippen LogP) is 5.22. The molecule has 0 atom stereocenters. The molecule has 0 saturated heterocycles. The third-order valence-electron chi connectivity index (χ3n) is 4.66. The van der Waals surface area contributed by atoms with Crippen LogP contribution in [-0.2, 0) is 6.42 Å². The van der Waals surface area contributed by atoms with Gasteiger partial charge in [-0.05, 0) is 30.3 Å². The Morgan fingerprint density at radius 2 is 1.82 bits per heavy atom. The Morgan fingerprint density at radius 3 is 2.61 bits per heavy atom. The monoisotopic (exact) mass is 407 g/mol. The van der Waals surface area contributed by atoms with E-state index < -0.39 is 0 Å². The first-order chi connectivity index (χ1) is 13.7. The van der Waals surface area contributed by atoms with Gasteiger partial charge in [-0.3, -0.25) is 4.40 Å². The zero-order valence-electron chi connectivity index (χ0n) is 14.7. The smallest absolute Gasteiger partial charge is 0.194 e. The first-order valence-corrected chi connectivity index (χ1v) is 10.0. The second-order valence-corrected chi connectivity index (χ2v) is 7.62. The summed E-state index contributed by atoms with van der Waals surface area (Å²) in [6.07, 6.45) is 0.257. The van der Waals surface area contributed by atoms with Gasteiger partial charge in [0, 0.05) is 21.5 Å². The molecule has 0 bridgehead atoms. The van der Waals surface area contributed by atoms with E-state index in [9.17, 15) is 5.26 Å². The van der Waals surface area contributed by atoms with Crippen molar-refractivity contribution in [2.45, 2.75) is 6.42 Å². The minimum Gasteiger partial charge on any atom is -0.486 e. The molecule has 0 fully saturated rings. The van der Waals surface area contributed by atoms with Crippen LogP contribution < -0.4 is 9.47 Å². The lowest BCUT2D eigenvalue weighted by atomic mass is 10.1. The van der Waals surface area contributed by atoms with Crippen LogP contribution in [0.5, 0.6) is 11.5 Å². The highest BCUT2D eigenvalue weighted by molar-refractivity contribution is 7.15. The van der Waals surface area contributed by atoms with Crippen LogP contribution in [0.15, 0.2) is 47.8 Å². The number of ether oxygens (including phenoxy) is 2. The number of hydrogen-bond donors (Lipinski definition) is 0. The van der Waals surface area contributed by atoms with Gasteiger partial charge in [0.15, 0.2) is 16.5 Å². The van der Waals surface area contributed by atoms with Crippen molar-refractivity contribution in [3.63, 3.8) is 0 Å². The van der Waals surface area contributed by atoms with Crippen molar-refractivity contribution >= 4 is 27.9 Å². The molecule has 28 heavy (non-hydrogen) atoms. The summed E-state index contributed by atoms with van der Waals surface area (Å²) in [5, 5.41) is 12.2. The zero-order valence-corrected chi connectivity index (χ0v) is 16.3. The second-order valence-electron chi connectivity index (χ2n) is 6.35. The molecule has 5 nitrogen and oxygen atoms in total. The summed E-state index contributed by atoms with van der Waals surface area (Å²) in [5.74, 6) is 1.49. The van der Waals surface area contributed by atoms with E-state index in [1.54, 1.807) is 11.3 Å². The first kappa shape index (κ1) is 17.1. The van der Waals surface area contributed by atoms with Gasteiger partial charge in [0.2, 0.25) is 0 Å². The van der Waals surface area contributed by atoms with Crippen molar-refractivity contribution < 1.29 is 9.47 Å². The Kier molecular flexibility index (Phi) is 4.19. The predicted molar refractivity (Wildman–Crippen MR) is 109 cm³/mol. The molecule has 0 unspecified atom stereocenters.